The van der Waals surface area contributed by atoms with Crippen molar-refractivity contribution in [2.24, 2.45) is 0 Å². The minimum absolute atomic E-state index is 0.0304. The third-order valence-corrected chi connectivity index (χ3v) is 2.75. The SMILES string of the molecule is CCOC(=O)Cc1ccccc1OC(=O)Oc1ccccc1. The maximum absolute atomic E-state index is 11.8. The van der Waals surface area contributed by atoms with Gasteiger partial charge in [0.2, 0.25) is 0 Å². The van der Waals surface area contributed by atoms with Crippen LogP contribution in [0.25, 0.3) is 0 Å². The second-order valence-electron chi connectivity index (χ2n) is 4.36. The van der Waals surface area contributed by atoms with Gasteiger partial charge in [-0.05, 0) is 25.1 Å². The molecule has 5 nitrogen and oxygen atoms in total. The first-order chi connectivity index (χ1) is 10.7. The summed E-state index contributed by atoms with van der Waals surface area (Å²) in [7, 11) is 0. The normalized spacial score (nSPS) is 9.86. The number of rotatable bonds is 5. The van der Waals surface area contributed by atoms with Crippen LogP contribution in [-0.2, 0) is 16.0 Å². The molecule has 0 N–H and O–H groups in total. The Balaban J connectivity index is 2.03. The van der Waals surface area contributed by atoms with Gasteiger partial charge < -0.3 is 14.2 Å². The molecular formula is C17H16O5. The number of ether oxygens (including phenoxy) is 3. The first-order valence-electron chi connectivity index (χ1n) is 6.87. The van der Waals surface area contributed by atoms with E-state index in [1.54, 1.807) is 55.5 Å². The molecule has 0 unspecified atom stereocenters. The van der Waals surface area contributed by atoms with E-state index in [1.807, 2.05) is 6.07 Å². The molecule has 2 aromatic rings. The standard InChI is InChI=1S/C17H16O5/c1-2-20-16(18)12-13-8-6-7-11-15(13)22-17(19)21-14-9-4-3-5-10-14/h3-11H,2,12H2,1H3. The van der Waals surface area contributed by atoms with Crippen molar-refractivity contribution < 1.29 is 23.8 Å². The summed E-state index contributed by atoms with van der Waals surface area (Å²) in [6.07, 6.45) is -0.828. The average molecular weight is 300 g/mol. The molecule has 114 valence electrons. The van der Waals surface area contributed by atoms with Crippen molar-refractivity contribution in [3.05, 3.63) is 60.2 Å². The lowest BCUT2D eigenvalue weighted by molar-refractivity contribution is -0.142. The van der Waals surface area contributed by atoms with Gasteiger partial charge in [-0.15, -0.1) is 0 Å². The van der Waals surface area contributed by atoms with E-state index < -0.39 is 6.16 Å². The Morgan fingerprint density at radius 2 is 1.59 bits per heavy atom. The van der Waals surface area contributed by atoms with Gasteiger partial charge in [0.05, 0.1) is 13.0 Å². The minimum atomic E-state index is -0.859. The Morgan fingerprint density at radius 1 is 0.909 bits per heavy atom. The Kier molecular flexibility index (Phi) is 5.54. The Hall–Kier alpha value is -2.82. The lowest BCUT2D eigenvalue weighted by Crippen LogP contribution is -2.16. The van der Waals surface area contributed by atoms with E-state index in [1.165, 1.54) is 0 Å². The Morgan fingerprint density at radius 3 is 2.32 bits per heavy atom. The fourth-order valence-electron chi connectivity index (χ4n) is 1.81. The summed E-state index contributed by atoms with van der Waals surface area (Å²) in [6, 6.07) is 15.4. The molecule has 0 amide bonds. The highest BCUT2D eigenvalue weighted by molar-refractivity contribution is 5.74. The summed E-state index contributed by atoms with van der Waals surface area (Å²) >= 11 is 0. The molecule has 0 fully saturated rings. The predicted molar refractivity (Wildman–Crippen MR) is 79.9 cm³/mol. The zero-order chi connectivity index (χ0) is 15.8. The second-order valence-corrected chi connectivity index (χ2v) is 4.36. The van der Waals surface area contributed by atoms with E-state index in [4.69, 9.17) is 14.2 Å². The zero-order valence-electron chi connectivity index (χ0n) is 12.2. The lowest BCUT2D eigenvalue weighted by Gasteiger charge is -2.09. The molecule has 0 radical (unpaired) electrons. The van der Waals surface area contributed by atoms with Gasteiger partial charge in [-0.3, -0.25) is 4.79 Å². The van der Waals surface area contributed by atoms with Gasteiger partial charge in [-0.25, -0.2) is 4.79 Å². The summed E-state index contributed by atoms with van der Waals surface area (Å²) in [5.74, 6) is 0.279. The smallest absolute Gasteiger partial charge is 0.466 e. The molecule has 22 heavy (non-hydrogen) atoms. The Labute approximate surface area is 128 Å². The Bertz CT molecular complexity index is 637. The highest BCUT2D eigenvalue weighted by atomic mass is 16.7. The van der Waals surface area contributed by atoms with Crippen LogP contribution < -0.4 is 9.47 Å². The number of benzene rings is 2. The first-order valence-corrected chi connectivity index (χ1v) is 6.87. The number of para-hydroxylation sites is 2. The number of carbonyl (C=O) groups excluding carboxylic acids is 2. The molecule has 0 saturated carbocycles. The van der Waals surface area contributed by atoms with E-state index in [0.717, 1.165) is 0 Å². The highest BCUT2D eigenvalue weighted by Crippen LogP contribution is 2.20. The molecule has 2 rings (SSSR count). The first kappa shape index (κ1) is 15.6. The molecule has 0 saturated heterocycles. The average Bonchev–Trinajstić information content (AvgIpc) is 2.50. The van der Waals surface area contributed by atoms with E-state index in [2.05, 4.69) is 0 Å². The molecule has 0 aromatic heterocycles. The van der Waals surface area contributed by atoms with E-state index in [0.29, 0.717) is 17.9 Å². The van der Waals surface area contributed by atoms with Crippen LogP contribution >= 0.6 is 0 Å². The van der Waals surface area contributed by atoms with Crippen molar-refractivity contribution >= 4 is 12.1 Å². The van der Waals surface area contributed by atoms with Crippen LogP contribution in [0.4, 0.5) is 4.79 Å². The van der Waals surface area contributed by atoms with Gasteiger partial charge in [0.25, 0.3) is 0 Å². The third kappa shape index (κ3) is 4.63. The van der Waals surface area contributed by atoms with Crippen molar-refractivity contribution in [3.63, 3.8) is 0 Å². The molecule has 0 spiro atoms. The molecule has 0 aliphatic rings. The van der Waals surface area contributed by atoms with Crippen LogP contribution in [0.1, 0.15) is 12.5 Å². The number of hydrogen-bond acceptors (Lipinski definition) is 5. The van der Waals surface area contributed by atoms with Crippen molar-refractivity contribution in [1.82, 2.24) is 0 Å². The van der Waals surface area contributed by atoms with Crippen LogP contribution in [0.2, 0.25) is 0 Å². The molecule has 0 heterocycles. The number of carbonyl (C=O) groups is 2. The number of esters is 1. The highest BCUT2D eigenvalue weighted by Gasteiger charge is 2.14. The van der Waals surface area contributed by atoms with Crippen LogP contribution in [0.3, 0.4) is 0 Å². The molecule has 5 heteroatoms. The second kappa shape index (κ2) is 7.83. The largest absolute Gasteiger partial charge is 0.519 e. The van der Waals surface area contributed by atoms with E-state index in [-0.39, 0.29) is 18.1 Å². The van der Waals surface area contributed by atoms with Crippen LogP contribution in [0.5, 0.6) is 11.5 Å². The van der Waals surface area contributed by atoms with Gasteiger partial charge in [0.15, 0.2) is 0 Å². The maximum Gasteiger partial charge on any atom is 0.519 e. The minimum Gasteiger partial charge on any atom is -0.466 e. The van der Waals surface area contributed by atoms with Crippen molar-refractivity contribution in [2.45, 2.75) is 13.3 Å². The van der Waals surface area contributed by atoms with Crippen LogP contribution in [0.15, 0.2) is 54.6 Å². The van der Waals surface area contributed by atoms with Crippen LogP contribution in [0, 0.1) is 0 Å². The van der Waals surface area contributed by atoms with Gasteiger partial charge in [0.1, 0.15) is 11.5 Å². The summed E-state index contributed by atoms with van der Waals surface area (Å²) in [4.78, 5) is 23.3. The topological polar surface area (TPSA) is 61.8 Å². The molecule has 0 aliphatic carbocycles. The fraction of sp³-hybridized carbons (Fsp3) is 0.176. The summed E-state index contributed by atoms with van der Waals surface area (Å²) in [6.45, 7) is 2.04. The van der Waals surface area contributed by atoms with Gasteiger partial charge in [0, 0.05) is 5.56 Å². The number of hydrogen-bond donors (Lipinski definition) is 0. The predicted octanol–water partition coefficient (Wildman–Crippen LogP) is 3.37. The molecular weight excluding hydrogens is 284 g/mol. The summed E-state index contributed by atoms with van der Waals surface area (Å²) < 4.78 is 15.1. The monoisotopic (exact) mass is 300 g/mol. The molecule has 0 atom stereocenters. The van der Waals surface area contributed by atoms with Gasteiger partial charge in [-0.1, -0.05) is 36.4 Å². The molecule has 0 aliphatic heterocycles. The van der Waals surface area contributed by atoms with Crippen molar-refractivity contribution in [3.8, 4) is 11.5 Å². The summed E-state index contributed by atoms with van der Waals surface area (Å²) in [5.41, 5.74) is 0.561. The zero-order valence-corrected chi connectivity index (χ0v) is 12.2. The van der Waals surface area contributed by atoms with E-state index >= 15 is 0 Å². The quantitative estimate of drug-likeness (QED) is 0.626. The summed E-state index contributed by atoms with van der Waals surface area (Å²) in [5, 5.41) is 0. The molecule has 0 bridgehead atoms. The van der Waals surface area contributed by atoms with E-state index in [9.17, 15) is 9.59 Å². The van der Waals surface area contributed by atoms with Crippen molar-refractivity contribution in [1.29, 1.82) is 0 Å². The maximum atomic E-state index is 11.8. The fourth-order valence-corrected chi connectivity index (χ4v) is 1.81. The third-order valence-electron chi connectivity index (χ3n) is 2.75. The van der Waals surface area contributed by atoms with Gasteiger partial charge >= 0.3 is 12.1 Å². The van der Waals surface area contributed by atoms with Crippen LogP contribution in [-0.4, -0.2) is 18.7 Å². The lowest BCUT2D eigenvalue weighted by atomic mass is 10.1. The van der Waals surface area contributed by atoms with Crippen molar-refractivity contribution in [2.75, 3.05) is 6.61 Å². The van der Waals surface area contributed by atoms with Gasteiger partial charge in [-0.2, -0.15) is 0 Å². The molecule has 2 aromatic carbocycles.